The zero-order valence-corrected chi connectivity index (χ0v) is 19.6. The predicted octanol–water partition coefficient (Wildman–Crippen LogP) is 3.49. The van der Waals surface area contributed by atoms with Crippen LogP contribution >= 0.6 is 0 Å². The highest BCUT2D eigenvalue weighted by Gasteiger charge is 2.16. The number of benzene rings is 1. The van der Waals surface area contributed by atoms with Crippen molar-refractivity contribution in [2.75, 3.05) is 30.8 Å². The molecule has 0 unspecified atom stereocenters. The van der Waals surface area contributed by atoms with Gasteiger partial charge in [-0.05, 0) is 36.5 Å². The van der Waals surface area contributed by atoms with Gasteiger partial charge >= 0.3 is 0 Å². The Morgan fingerprint density at radius 1 is 1.15 bits per heavy atom. The van der Waals surface area contributed by atoms with Crippen molar-refractivity contribution in [1.29, 1.82) is 0 Å². The number of fused-ring (bicyclic) bond motifs is 2. The summed E-state index contributed by atoms with van der Waals surface area (Å²) in [5.74, 6) is 0.975. The zero-order valence-electron chi connectivity index (χ0n) is 19.6. The maximum atomic E-state index is 5.94. The van der Waals surface area contributed by atoms with E-state index < -0.39 is 0 Å². The number of nitrogens with zero attached hydrogens (tertiary/aromatic N) is 5. The van der Waals surface area contributed by atoms with Gasteiger partial charge in [0, 0.05) is 43.9 Å². The molecule has 4 heterocycles. The molecule has 0 radical (unpaired) electrons. The van der Waals surface area contributed by atoms with Gasteiger partial charge in [-0.25, -0.2) is 4.98 Å². The number of rotatable bonds is 9. The van der Waals surface area contributed by atoms with Gasteiger partial charge in [-0.15, -0.1) is 0 Å². The summed E-state index contributed by atoms with van der Waals surface area (Å²) in [6.07, 6.45) is 7.87. The van der Waals surface area contributed by atoms with E-state index in [0.29, 0.717) is 12.6 Å². The molecule has 0 atom stereocenters. The van der Waals surface area contributed by atoms with E-state index in [1.165, 1.54) is 5.56 Å². The summed E-state index contributed by atoms with van der Waals surface area (Å²) in [5.41, 5.74) is 10.9. The molecule has 9 nitrogen and oxygen atoms in total. The summed E-state index contributed by atoms with van der Waals surface area (Å²) in [5, 5.41) is 12.9. The second-order valence-corrected chi connectivity index (χ2v) is 8.80. The molecule has 0 saturated carbocycles. The first-order valence-electron chi connectivity index (χ1n) is 12.1. The van der Waals surface area contributed by atoms with Crippen LogP contribution in [0.5, 0.6) is 0 Å². The standard InChI is InChI=1S/C25H32N8O/c1-2-3-10-28-24-23-21(31-25(26)32-24)15-30-33(23)16-18-7-6-17(20-5-4-11-27-22(18)20)14-29-19-8-12-34-13-9-19/h4-7,11,15,19,29H,2-3,8-10,12-14,16H2,1H3,(H3,26,28,31,32). The zero-order chi connectivity index (χ0) is 23.3. The van der Waals surface area contributed by atoms with Crippen LogP contribution < -0.4 is 16.4 Å². The van der Waals surface area contributed by atoms with Gasteiger partial charge < -0.3 is 21.1 Å². The molecule has 4 N–H and O–H groups in total. The molecule has 0 bridgehead atoms. The summed E-state index contributed by atoms with van der Waals surface area (Å²) >= 11 is 0. The third kappa shape index (κ3) is 4.80. The molecule has 178 valence electrons. The van der Waals surface area contributed by atoms with Crippen LogP contribution in [0, 0.1) is 0 Å². The molecule has 0 amide bonds. The summed E-state index contributed by atoms with van der Waals surface area (Å²) in [6.45, 7) is 6.04. The van der Waals surface area contributed by atoms with Gasteiger partial charge in [-0.3, -0.25) is 9.67 Å². The highest BCUT2D eigenvalue weighted by atomic mass is 16.5. The fourth-order valence-corrected chi connectivity index (χ4v) is 4.53. The normalized spacial score (nSPS) is 14.7. The Balaban J connectivity index is 1.44. The first-order valence-corrected chi connectivity index (χ1v) is 12.1. The van der Waals surface area contributed by atoms with Crippen molar-refractivity contribution >= 4 is 33.7 Å². The molecule has 9 heteroatoms. The Hall–Kier alpha value is -3.30. The molecule has 3 aromatic heterocycles. The van der Waals surface area contributed by atoms with Crippen LogP contribution in [-0.2, 0) is 17.8 Å². The largest absolute Gasteiger partial charge is 0.381 e. The van der Waals surface area contributed by atoms with Gasteiger partial charge in [0.25, 0.3) is 0 Å². The molecule has 1 saturated heterocycles. The van der Waals surface area contributed by atoms with Crippen molar-refractivity contribution in [2.45, 2.75) is 51.7 Å². The van der Waals surface area contributed by atoms with E-state index in [1.807, 2.05) is 16.9 Å². The second-order valence-electron chi connectivity index (χ2n) is 8.80. The maximum Gasteiger partial charge on any atom is 0.222 e. The molecule has 0 aliphatic carbocycles. The lowest BCUT2D eigenvalue weighted by Crippen LogP contribution is -2.34. The molecule has 34 heavy (non-hydrogen) atoms. The first-order chi connectivity index (χ1) is 16.7. The molecular formula is C25H32N8O. The smallest absolute Gasteiger partial charge is 0.222 e. The van der Waals surface area contributed by atoms with Crippen LogP contribution in [0.25, 0.3) is 21.9 Å². The summed E-state index contributed by atoms with van der Waals surface area (Å²) in [7, 11) is 0. The van der Waals surface area contributed by atoms with Gasteiger partial charge in [0.05, 0.1) is 18.3 Å². The summed E-state index contributed by atoms with van der Waals surface area (Å²) < 4.78 is 7.42. The Morgan fingerprint density at radius 2 is 2.00 bits per heavy atom. The van der Waals surface area contributed by atoms with Crippen LogP contribution in [0.15, 0.2) is 36.7 Å². The van der Waals surface area contributed by atoms with Gasteiger partial charge in [0.2, 0.25) is 5.95 Å². The van der Waals surface area contributed by atoms with Crippen LogP contribution in [-0.4, -0.2) is 50.5 Å². The lowest BCUT2D eigenvalue weighted by molar-refractivity contribution is 0.0776. The van der Waals surface area contributed by atoms with E-state index >= 15 is 0 Å². The molecular weight excluding hydrogens is 428 g/mol. The van der Waals surface area contributed by atoms with Crippen molar-refractivity contribution in [3.8, 4) is 0 Å². The summed E-state index contributed by atoms with van der Waals surface area (Å²) in [6, 6.07) is 9.01. The molecule has 1 aliphatic rings. The van der Waals surface area contributed by atoms with Crippen LogP contribution in [0.2, 0.25) is 0 Å². The SMILES string of the molecule is CCCCNc1nc(N)nc2cnn(Cc3ccc(CNC4CCOCC4)c4cccnc34)c12. The number of nitrogens with two attached hydrogens (primary N) is 1. The maximum absolute atomic E-state index is 5.94. The number of aromatic nitrogens is 5. The van der Waals surface area contributed by atoms with E-state index in [0.717, 1.165) is 85.3 Å². The molecule has 1 aliphatic heterocycles. The number of unbranched alkanes of at least 4 members (excludes halogenated alkanes) is 1. The highest BCUT2D eigenvalue weighted by Crippen LogP contribution is 2.26. The number of hydrogen-bond acceptors (Lipinski definition) is 8. The van der Waals surface area contributed by atoms with Crippen molar-refractivity contribution in [1.82, 2.24) is 30.0 Å². The van der Waals surface area contributed by atoms with Crippen molar-refractivity contribution in [3.05, 3.63) is 47.8 Å². The third-order valence-corrected chi connectivity index (χ3v) is 6.39. The van der Waals surface area contributed by atoms with Gasteiger partial charge in [-0.2, -0.15) is 10.1 Å². The van der Waals surface area contributed by atoms with Gasteiger partial charge in [-0.1, -0.05) is 31.5 Å². The number of anilines is 2. The van der Waals surface area contributed by atoms with Crippen LogP contribution in [0.3, 0.4) is 0 Å². The number of nitrogen functional groups attached to an aromatic ring is 1. The average Bonchev–Trinajstić information content (AvgIpc) is 3.26. The Kier molecular flexibility index (Phi) is 6.82. The average molecular weight is 461 g/mol. The quantitative estimate of drug-likeness (QED) is 0.325. The number of pyridine rings is 1. The van der Waals surface area contributed by atoms with Crippen LogP contribution in [0.1, 0.15) is 43.7 Å². The predicted molar refractivity (Wildman–Crippen MR) is 135 cm³/mol. The van der Waals surface area contributed by atoms with Crippen LogP contribution in [0.4, 0.5) is 11.8 Å². The third-order valence-electron chi connectivity index (χ3n) is 6.39. The summed E-state index contributed by atoms with van der Waals surface area (Å²) in [4.78, 5) is 13.6. The van der Waals surface area contributed by atoms with E-state index in [-0.39, 0.29) is 5.95 Å². The van der Waals surface area contributed by atoms with E-state index in [2.05, 4.69) is 50.8 Å². The lowest BCUT2D eigenvalue weighted by atomic mass is 10.0. The van der Waals surface area contributed by atoms with Crippen molar-refractivity contribution in [2.24, 2.45) is 0 Å². The van der Waals surface area contributed by atoms with Crippen molar-refractivity contribution < 1.29 is 4.74 Å². The number of nitrogens with one attached hydrogen (secondary N) is 2. The van der Waals surface area contributed by atoms with E-state index in [4.69, 9.17) is 15.5 Å². The first kappa shape index (κ1) is 22.5. The molecule has 0 spiro atoms. The van der Waals surface area contributed by atoms with Gasteiger partial charge in [0.1, 0.15) is 11.0 Å². The number of ether oxygens (including phenoxy) is 1. The second kappa shape index (κ2) is 10.3. The minimum absolute atomic E-state index is 0.250. The Labute approximate surface area is 199 Å². The number of hydrogen-bond donors (Lipinski definition) is 3. The van der Waals surface area contributed by atoms with Gasteiger partial charge in [0.15, 0.2) is 5.82 Å². The lowest BCUT2D eigenvalue weighted by Gasteiger charge is -2.23. The molecule has 1 fully saturated rings. The van der Waals surface area contributed by atoms with Crippen molar-refractivity contribution in [3.63, 3.8) is 0 Å². The molecule has 1 aromatic carbocycles. The Morgan fingerprint density at radius 3 is 2.85 bits per heavy atom. The Bertz CT molecular complexity index is 1260. The van der Waals surface area contributed by atoms with E-state index in [9.17, 15) is 0 Å². The highest BCUT2D eigenvalue weighted by molar-refractivity contribution is 5.88. The molecule has 4 aromatic rings. The van der Waals surface area contributed by atoms with E-state index in [1.54, 1.807) is 6.20 Å². The minimum Gasteiger partial charge on any atom is -0.381 e. The minimum atomic E-state index is 0.250. The fraction of sp³-hybridized carbons (Fsp3) is 0.440. The fourth-order valence-electron chi connectivity index (χ4n) is 4.53. The topological polar surface area (TPSA) is 116 Å². The monoisotopic (exact) mass is 460 g/mol. The molecule has 5 rings (SSSR count).